The molecule has 16 heavy (non-hydrogen) atoms. The van der Waals surface area contributed by atoms with Gasteiger partial charge in [-0.15, -0.1) is 0 Å². The number of nitrogens with one attached hydrogen (secondary N) is 1. The third-order valence-electron chi connectivity index (χ3n) is 3.01. The van der Waals surface area contributed by atoms with Gasteiger partial charge in [0.25, 0.3) is 0 Å². The van der Waals surface area contributed by atoms with Crippen molar-refractivity contribution in [1.29, 1.82) is 0 Å². The molecule has 1 aliphatic rings. The summed E-state index contributed by atoms with van der Waals surface area (Å²) in [6.07, 6.45) is 6.46. The molecule has 4 nitrogen and oxygen atoms in total. The highest BCUT2D eigenvalue weighted by molar-refractivity contribution is 9.10. The van der Waals surface area contributed by atoms with Crippen molar-refractivity contribution in [2.75, 3.05) is 6.54 Å². The largest absolute Gasteiger partial charge is 0.309 e. The van der Waals surface area contributed by atoms with Crippen molar-refractivity contribution in [2.24, 2.45) is 0 Å². The second-order valence-electron chi connectivity index (χ2n) is 4.19. The Kier molecular flexibility index (Phi) is 2.44. The molecule has 5 heteroatoms. The van der Waals surface area contributed by atoms with Crippen molar-refractivity contribution in [3.05, 3.63) is 28.4 Å². The van der Waals surface area contributed by atoms with Crippen molar-refractivity contribution in [2.45, 2.75) is 25.8 Å². The van der Waals surface area contributed by atoms with Crippen LogP contribution in [0.1, 0.15) is 30.3 Å². The number of nitrogens with zero attached hydrogens (tertiary/aromatic N) is 3. The van der Waals surface area contributed by atoms with E-state index in [1.54, 1.807) is 0 Å². The van der Waals surface area contributed by atoms with Gasteiger partial charge in [-0.3, -0.25) is 0 Å². The molecule has 2 aromatic heterocycles. The summed E-state index contributed by atoms with van der Waals surface area (Å²) < 4.78 is 2.89. The Morgan fingerprint density at radius 1 is 1.44 bits per heavy atom. The zero-order valence-corrected chi connectivity index (χ0v) is 10.7. The van der Waals surface area contributed by atoms with Gasteiger partial charge in [0.2, 0.25) is 0 Å². The van der Waals surface area contributed by atoms with Crippen molar-refractivity contribution in [3.8, 4) is 0 Å². The molecule has 1 unspecified atom stereocenters. The lowest BCUT2D eigenvalue weighted by Gasteiger charge is -2.04. The Labute approximate surface area is 102 Å². The number of hydrogen-bond acceptors (Lipinski definition) is 3. The average Bonchev–Trinajstić information content (AvgIpc) is 2.82. The number of aromatic nitrogens is 3. The van der Waals surface area contributed by atoms with Gasteiger partial charge < -0.3 is 9.72 Å². The first kappa shape index (κ1) is 10.2. The van der Waals surface area contributed by atoms with Crippen LogP contribution in [0.5, 0.6) is 0 Å². The number of aryl methyl sites for hydroxylation is 1. The standard InChI is InChI=1S/C11H13BrN4/c1-7-11-15-9(8-3-2-4-13-8)5-16(11)6-10(12)14-7/h5-6,8,13H,2-4H2,1H3. The van der Waals surface area contributed by atoms with E-state index in [0.29, 0.717) is 6.04 Å². The van der Waals surface area contributed by atoms with Crippen molar-refractivity contribution >= 4 is 21.6 Å². The molecule has 0 amide bonds. The first-order valence-corrected chi connectivity index (χ1v) is 6.28. The van der Waals surface area contributed by atoms with Crippen LogP contribution in [-0.2, 0) is 0 Å². The third kappa shape index (κ3) is 1.64. The topological polar surface area (TPSA) is 42.2 Å². The summed E-state index contributed by atoms with van der Waals surface area (Å²) >= 11 is 3.40. The van der Waals surface area contributed by atoms with Gasteiger partial charge in [0.05, 0.1) is 17.4 Å². The molecule has 84 valence electrons. The molecule has 1 fully saturated rings. The van der Waals surface area contributed by atoms with E-state index in [-0.39, 0.29) is 0 Å². The number of hydrogen-bond donors (Lipinski definition) is 1. The lowest BCUT2D eigenvalue weighted by Crippen LogP contribution is -2.12. The van der Waals surface area contributed by atoms with E-state index in [2.05, 4.69) is 37.4 Å². The lowest BCUT2D eigenvalue weighted by molar-refractivity contribution is 0.632. The molecule has 0 aromatic carbocycles. The molecule has 0 saturated carbocycles. The van der Waals surface area contributed by atoms with Crippen LogP contribution in [0.4, 0.5) is 0 Å². The Balaban J connectivity index is 2.11. The fourth-order valence-electron chi connectivity index (χ4n) is 2.24. The number of rotatable bonds is 1. The Morgan fingerprint density at radius 3 is 3.06 bits per heavy atom. The molecule has 1 saturated heterocycles. The summed E-state index contributed by atoms with van der Waals surface area (Å²) in [5.74, 6) is 0. The molecular weight excluding hydrogens is 268 g/mol. The van der Waals surface area contributed by atoms with Crippen LogP contribution in [0, 0.1) is 6.92 Å². The molecule has 0 aliphatic carbocycles. The fourth-order valence-corrected chi connectivity index (χ4v) is 2.72. The molecule has 3 rings (SSSR count). The van der Waals surface area contributed by atoms with Gasteiger partial charge in [0.15, 0.2) is 5.65 Å². The molecule has 0 bridgehead atoms. The molecule has 1 atom stereocenters. The van der Waals surface area contributed by atoms with E-state index in [1.165, 1.54) is 12.8 Å². The van der Waals surface area contributed by atoms with Crippen LogP contribution < -0.4 is 5.32 Å². The minimum absolute atomic E-state index is 0.415. The minimum atomic E-state index is 0.415. The van der Waals surface area contributed by atoms with Crippen LogP contribution in [0.3, 0.4) is 0 Å². The molecular formula is C11H13BrN4. The average molecular weight is 281 g/mol. The van der Waals surface area contributed by atoms with E-state index < -0.39 is 0 Å². The van der Waals surface area contributed by atoms with E-state index in [4.69, 9.17) is 0 Å². The maximum absolute atomic E-state index is 4.65. The van der Waals surface area contributed by atoms with Crippen LogP contribution in [0.25, 0.3) is 5.65 Å². The second-order valence-corrected chi connectivity index (χ2v) is 5.01. The van der Waals surface area contributed by atoms with E-state index >= 15 is 0 Å². The van der Waals surface area contributed by atoms with E-state index in [0.717, 1.165) is 28.2 Å². The summed E-state index contributed by atoms with van der Waals surface area (Å²) in [5, 5.41) is 3.46. The molecule has 2 aromatic rings. The summed E-state index contributed by atoms with van der Waals surface area (Å²) in [5.41, 5.74) is 3.03. The van der Waals surface area contributed by atoms with Crippen molar-refractivity contribution < 1.29 is 0 Å². The van der Waals surface area contributed by atoms with Gasteiger partial charge in [0.1, 0.15) is 4.60 Å². The van der Waals surface area contributed by atoms with E-state index in [1.807, 2.05) is 17.5 Å². The zero-order chi connectivity index (χ0) is 11.1. The lowest BCUT2D eigenvalue weighted by atomic mass is 10.2. The van der Waals surface area contributed by atoms with Gasteiger partial charge >= 0.3 is 0 Å². The fraction of sp³-hybridized carbons (Fsp3) is 0.455. The highest BCUT2D eigenvalue weighted by Gasteiger charge is 2.19. The summed E-state index contributed by atoms with van der Waals surface area (Å²) in [6, 6.07) is 0.415. The molecule has 1 aliphatic heterocycles. The van der Waals surface area contributed by atoms with Gasteiger partial charge in [-0.25, -0.2) is 9.97 Å². The molecule has 0 radical (unpaired) electrons. The third-order valence-corrected chi connectivity index (χ3v) is 3.39. The van der Waals surface area contributed by atoms with Crippen LogP contribution in [-0.4, -0.2) is 20.9 Å². The second kappa shape index (κ2) is 3.82. The SMILES string of the molecule is Cc1nc(Br)cn2cc(C3CCCN3)nc12. The minimum Gasteiger partial charge on any atom is -0.309 e. The number of fused-ring (bicyclic) bond motifs is 1. The maximum Gasteiger partial charge on any atom is 0.158 e. The molecule has 0 spiro atoms. The summed E-state index contributed by atoms with van der Waals surface area (Å²) in [7, 11) is 0. The quantitative estimate of drug-likeness (QED) is 0.871. The molecule has 3 heterocycles. The zero-order valence-electron chi connectivity index (χ0n) is 9.07. The van der Waals surface area contributed by atoms with E-state index in [9.17, 15) is 0 Å². The van der Waals surface area contributed by atoms with Gasteiger partial charge in [-0.1, -0.05) is 0 Å². The van der Waals surface area contributed by atoms with Crippen molar-refractivity contribution in [1.82, 2.24) is 19.7 Å². The smallest absolute Gasteiger partial charge is 0.158 e. The van der Waals surface area contributed by atoms with Gasteiger partial charge in [-0.2, -0.15) is 0 Å². The van der Waals surface area contributed by atoms with Crippen LogP contribution in [0.2, 0.25) is 0 Å². The predicted molar refractivity (Wildman–Crippen MR) is 65.4 cm³/mol. The summed E-state index contributed by atoms with van der Waals surface area (Å²) in [4.78, 5) is 9.01. The maximum atomic E-state index is 4.65. The van der Waals surface area contributed by atoms with Crippen LogP contribution >= 0.6 is 15.9 Å². The van der Waals surface area contributed by atoms with Crippen LogP contribution in [0.15, 0.2) is 17.0 Å². The predicted octanol–water partition coefficient (Wildman–Crippen LogP) is 2.22. The van der Waals surface area contributed by atoms with Gasteiger partial charge in [-0.05, 0) is 42.2 Å². The summed E-state index contributed by atoms with van der Waals surface area (Å²) in [6.45, 7) is 3.08. The normalized spacial score (nSPS) is 20.8. The Bertz CT molecular complexity index is 528. The number of imidazole rings is 1. The first-order valence-electron chi connectivity index (χ1n) is 5.49. The highest BCUT2D eigenvalue weighted by atomic mass is 79.9. The highest BCUT2D eigenvalue weighted by Crippen LogP contribution is 2.23. The van der Waals surface area contributed by atoms with Crippen molar-refractivity contribution in [3.63, 3.8) is 0 Å². The molecule has 1 N–H and O–H groups in total. The number of halogens is 1. The monoisotopic (exact) mass is 280 g/mol. The Hall–Kier alpha value is -0.940. The Morgan fingerprint density at radius 2 is 2.31 bits per heavy atom. The van der Waals surface area contributed by atoms with Gasteiger partial charge in [0, 0.05) is 12.4 Å². The first-order chi connectivity index (χ1) is 7.74.